The summed E-state index contributed by atoms with van der Waals surface area (Å²) in [6.45, 7) is 17.8. The van der Waals surface area contributed by atoms with Gasteiger partial charge in [-0.25, -0.2) is 0 Å². The molecule has 5 rings (SSSR count). The van der Waals surface area contributed by atoms with Crippen LogP contribution < -0.4 is 157 Å². The largest absolute Gasteiger partial charge is 1.00 e. The number of phenolic OH excluding ortho intramolecular Hbond substituents is 1. The Balaban J connectivity index is 0. The van der Waals surface area contributed by atoms with E-state index < -0.39 is 35.1 Å². The zero-order valence-corrected chi connectivity index (χ0v) is 47.0. The van der Waals surface area contributed by atoms with Crippen LogP contribution in [0, 0.1) is 41.5 Å². The number of carboxylic acids is 1. The van der Waals surface area contributed by atoms with Gasteiger partial charge in [-0.05, 0) is 128 Å². The smallest absolute Gasteiger partial charge is 1.00 e. The molecule has 0 radical (unpaired) electrons. The molecule has 1 saturated heterocycles. The molecule has 0 aliphatic carbocycles. The van der Waals surface area contributed by atoms with Crippen LogP contribution in [0.15, 0.2) is 0 Å². The molecule has 0 aromatic heterocycles. The number of esters is 3. The fraction of sp³-hybridized carbons (Fsp3) is 0.513. The Morgan fingerprint density at radius 1 is 0.732 bits per heavy atom. The first-order chi connectivity index (χ1) is 25.0. The van der Waals surface area contributed by atoms with Crippen LogP contribution in [0.2, 0.25) is 0 Å². The number of ketones is 2. The fourth-order valence-corrected chi connectivity index (χ4v) is 5.94. The predicted octanol–water partition coefficient (Wildman–Crippen LogP) is -1.55. The van der Waals surface area contributed by atoms with E-state index >= 15 is 0 Å². The number of cyclic esters (lactones) is 2. The minimum absolute atomic E-state index is 0. The normalized spacial score (nSPS) is 18.5. The predicted molar refractivity (Wildman–Crippen MR) is 190 cm³/mol. The van der Waals surface area contributed by atoms with Crippen molar-refractivity contribution in [2.45, 2.75) is 132 Å². The van der Waals surface area contributed by atoms with Crippen LogP contribution in [0.25, 0.3) is 0 Å². The van der Waals surface area contributed by atoms with Crippen LogP contribution in [0.3, 0.4) is 0 Å². The summed E-state index contributed by atoms with van der Waals surface area (Å²) in [5.74, 6) is -0.0934. The van der Waals surface area contributed by atoms with E-state index in [0.717, 1.165) is 56.7 Å². The number of aliphatic carboxylic acids is 1. The molecule has 17 heteroatoms. The van der Waals surface area contributed by atoms with Gasteiger partial charge >= 0.3 is 162 Å². The molecular weight excluding hydrogens is 974 g/mol. The summed E-state index contributed by atoms with van der Waals surface area (Å²) in [4.78, 5) is 77.4. The van der Waals surface area contributed by atoms with Gasteiger partial charge in [0.1, 0.15) is 23.0 Å². The number of aromatic hydroxyl groups is 1. The SMILES string of the molecule is CC(=O)[C@]1(C)CCc2c(C)c(O)c(C)c(C)c2O1.CC(=O)[C@]1(C)CCc2c(C)c(OC(=O)CCC(=O)O)c(C)c(C)c2O1.O=C1CCC(=O)O1.O=CO[O-].[Cs+].[Cs+].[H-]. The standard InChI is InChI=1S/C19H24O6.C15H20O3.C4H4O3.CH2O3.2Cs.H/c1-10-11(2)18-14(8-9-19(5,25-18)13(4)20)12(3)17(10)24-16(23)7-6-15(21)22;1-8-9(2)14-12(10(3)13(8)17)6-7-15(5,18-14)11(4)16;5-3-1-2-4(6)7-3;2-1-4-3;;;/h6-9H2,1-5H3,(H,21,22);17H,6-7H2,1-5H3;1-2H2;1,3H;;;/q;;;;2*+1;-1/p-1/t19-;15-;;;;;/m00...../s1. The quantitative estimate of drug-likeness (QED) is 0.0800. The summed E-state index contributed by atoms with van der Waals surface area (Å²) in [5, 5.41) is 27.2. The molecule has 3 aliphatic rings. The number of hydrogen-bond acceptors (Lipinski definition) is 14. The number of carbonyl (C=O) groups is 7. The third-order valence-electron chi connectivity index (χ3n) is 10.1. The number of carbonyl (C=O) groups excluding carboxylic acids is 6. The Labute approximate surface area is 445 Å². The number of rotatable bonds is 7. The van der Waals surface area contributed by atoms with Crippen molar-refractivity contribution >= 4 is 41.9 Å². The first-order valence-corrected chi connectivity index (χ1v) is 17.3. The Bertz CT molecular complexity index is 1830. The van der Waals surface area contributed by atoms with E-state index in [1.54, 1.807) is 13.8 Å². The average Bonchev–Trinajstić information content (AvgIpc) is 3.51. The second kappa shape index (κ2) is 24.1. The summed E-state index contributed by atoms with van der Waals surface area (Å²) in [7, 11) is 0. The first-order valence-electron chi connectivity index (χ1n) is 17.3. The van der Waals surface area contributed by atoms with Crippen LogP contribution in [0.4, 0.5) is 0 Å². The third kappa shape index (κ3) is 14.2. The fourth-order valence-electron chi connectivity index (χ4n) is 5.94. The summed E-state index contributed by atoms with van der Waals surface area (Å²) in [6, 6.07) is 0. The first kappa shape index (κ1) is 54.8. The van der Waals surface area contributed by atoms with E-state index in [1.807, 2.05) is 48.5 Å². The molecule has 1 fully saturated rings. The van der Waals surface area contributed by atoms with Crippen molar-refractivity contribution in [3.63, 3.8) is 0 Å². The minimum atomic E-state index is -1.04. The van der Waals surface area contributed by atoms with Crippen molar-refractivity contribution < 1.29 is 212 Å². The van der Waals surface area contributed by atoms with Crippen LogP contribution in [0.1, 0.15) is 112 Å². The Morgan fingerprint density at radius 3 is 1.50 bits per heavy atom. The third-order valence-corrected chi connectivity index (χ3v) is 10.1. The van der Waals surface area contributed by atoms with Gasteiger partial charge in [-0.3, -0.25) is 33.6 Å². The van der Waals surface area contributed by atoms with Crippen LogP contribution >= 0.6 is 0 Å². The number of phenols is 1. The van der Waals surface area contributed by atoms with Gasteiger partial charge in [-0.15, -0.1) is 0 Å². The topological polar surface area (TPSA) is 229 Å². The van der Waals surface area contributed by atoms with Crippen LogP contribution in [0.5, 0.6) is 23.0 Å². The zero-order valence-electron chi connectivity index (χ0n) is 35.4. The molecule has 3 aliphatic heterocycles. The molecule has 15 nitrogen and oxygen atoms in total. The van der Waals surface area contributed by atoms with Gasteiger partial charge in [0.15, 0.2) is 22.8 Å². The number of Topliss-reactive ketones (excluding diaryl/α,β-unsaturated/α-hetero) is 2. The van der Waals surface area contributed by atoms with E-state index in [-0.39, 0.29) is 183 Å². The number of hydrogen-bond donors (Lipinski definition) is 2. The maximum Gasteiger partial charge on any atom is 1.00 e. The maximum atomic E-state index is 11.9. The van der Waals surface area contributed by atoms with Crippen LogP contribution in [-0.4, -0.2) is 63.3 Å². The molecule has 3 heterocycles. The Morgan fingerprint density at radius 2 is 1.14 bits per heavy atom. The van der Waals surface area contributed by atoms with Crippen molar-refractivity contribution in [2.75, 3.05) is 0 Å². The monoisotopic (exact) mass is 1020 g/mol. The van der Waals surface area contributed by atoms with E-state index in [2.05, 4.69) is 9.62 Å². The molecule has 2 N–H and O–H groups in total. The maximum absolute atomic E-state index is 11.9. The molecule has 0 spiro atoms. The number of fused-ring (bicyclic) bond motifs is 2. The zero-order chi connectivity index (χ0) is 41.3. The van der Waals surface area contributed by atoms with Gasteiger partial charge in [0.05, 0.1) is 25.7 Å². The van der Waals surface area contributed by atoms with E-state index in [9.17, 15) is 33.9 Å². The molecule has 298 valence electrons. The van der Waals surface area contributed by atoms with E-state index in [0.29, 0.717) is 36.5 Å². The van der Waals surface area contributed by atoms with Crippen molar-refractivity contribution in [3.8, 4) is 23.0 Å². The van der Waals surface area contributed by atoms with Crippen LogP contribution in [-0.2, 0) is 56.0 Å². The van der Waals surface area contributed by atoms with Gasteiger partial charge in [-0.2, -0.15) is 0 Å². The second-order valence-corrected chi connectivity index (χ2v) is 13.7. The molecular formula is C39H50Cs2O15. The van der Waals surface area contributed by atoms with Crippen molar-refractivity contribution in [3.05, 3.63) is 44.5 Å². The molecule has 0 saturated carbocycles. The minimum Gasteiger partial charge on any atom is -1.00 e. The van der Waals surface area contributed by atoms with Gasteiger partial charge in [0.25, 0.3) is 6.47 Å². The molecule has 0 amide bonds. The number of carboxylic acid groups (broad SMARTS) is 1. The van der Waals surface area contributed by atoms with Crippen molar-refractivity contribution in [1.29, 1.82) is 0 Å². The Kier molecular flexibility index (Phi) is 23.6. The summed E-state index contributed by atoms with van der Waals surface area (Å²) in [6.07, 6.45) is 2.73. The van der Waals surface area contributed by atoms with Crippen molar-refractivity contribution in [1.82, 2.24) is 0 Å². The number of benzene rings is 2. The molecule has 2 atom stereocenters. The molecule has 2 aromatic rings. The molecule has 0 bridgehead atoms. The van der Waals surface area contributed by atoms with Crippen molar-refractivity contribution in [2.24, 2.45) is 0 Å². The molecule has 56 heavy (non-hydrogen) atoms. The second-order valence-electron chi connectivity index (χ2n) is 13.7. The van der Waals surface area contributed by atoms with E-state index in [1.165, 1.54) is 6.92 Å². The summed E-state index contributed by atoms with van der Waals surface area (Å²) >= 11 is 0. The number of ether oxygens (including phenoxy) is 4. The summed E-state index contributed by atoms with van der Waals surface area (Å²) in [5.41, 5.74) is 5.42. The van der Waals surface area contributed by atoms with Gasteiger partial charge < -0.3 is 40.7 Å². The van der Waals surface area contributed by atoms with E-state index in [4.69, 9.17) is 29.4 Å². The summed E-state index contributed by atoms with van der Waals surface area (Å²) < 4.78 is 21.5. The average molecular weight is 1020 g/mol. The van der Waals surface area contributed by atoms with Gasteiger partial charge in [0, 0.05) is 11.1 Å². The van der Waals surface area contributed by atoms with Gasteiger partial charge in [0.2, 0.25) is 0 Å². The molecule has 0 unspecified atom stereocenters. The molecule has 2 aromatic carbocycles. The van der Waals surface area contributed by atoms with Gasteiger partial charge in [-0.1, -0.05) is 0 Å². The Hall–Kier alpha value is -1.21.